The van der Waals surface area contributed by atoms with Crippen LogP contribution in [0.4, 0.5) is 5.69 Å². The summed E-state index contributed by atoms with van der Waals surface area (Å²) in [5.74, 6) is 0.125. The van der Waals surface area contributed by atoms with Gasteiger partial charge in [-0.1, -0.05) is 40.9 Å². The van der Waals surface area contributed by atoms with Gasteiger partial charge in [0.15, 0.2) is 0 Å². The molecule has 0 spiro atoms. The van der Waals surface area contributed by atoms with Crippen LogP contribution < -0.4 is 4.90 Å². The van der Waals surface area contributed by atoms with Crippen LogP contribution in [0, 0.1) is 0 Å². The summed E-state index contributed by atoms with van der Waals surface area (Å²) in [5, 5.41) is 0. The summed E-state index contributed by atoms with van der Waals surface area (Å²) in [6.45, 7) is 9.34. The van der Waals surface area contributed by atoms with Crippen molar-refractivity contribution in [3.63, 3.8) is 0 Å². The molecule has 4 aliphatic heterocycles. The van der Waals surface area contributed by atoms with E-state index in [1.54, 1.807) is 12.5 Å². The molecule has 5 atom stereocenters. The second-order valence-electron chi connectivity index (χ2n) is 11.8. The fraction of sp³-hybridized carbons (Fsp3) is 0.700. The minimum atomic E-state index is -0.208. The number of rotatable bonds is 8. The highest BCUT2D eigenvalue weighted by Gasteiger charge is 2.50. The van der Waals surface area contributed by atoms with E-state index in [9.17, 15) is 4.79 Å². The Morgan fingerprint density at radius 2 is 1.97 bits per heavy atom. The number of carbonyl (C=O) groups excluding carboxylic acids is 1. The van der Waals surface area contributed by atoms with Crippen LogP contribution in [-0.4, -0.2) is 78.5 Å². The van der Waals surface area contributed by atoms with E-state index >= 15 is 0 Å². The molecule has 6 nitrogen and oxygen atoms in total. The van der Waals surface area contributed by atoms with Gasteiger partial charge in [0.1, 0.15) is 6.23 Å². The average Bonchev–Trinajstić information content (AvgIpc) is 3.48. The number of nitrogens with zero attached hydrogens (tertiary/aromatic N) is 3. The number of halogens is 1. The summed E-state index contributed by atoms with van der Waals surface area (Å²) >= 11 is 3.60. The molecule has 7 heteroatoms. The maximum absolute atomic E-state index is 12.9. The molecule has 3 fully saturated rings. The molecule has 0 aromatic heterocycles. The molecule has 1 aromatic rings. The summed E-state index contributed by atoms with van der Waals surface area (Å²) in [6, 6.07) is 7.09. The normalized spacial score (nSPS) is 34.1. The third kappa shape index (κ3) is 5.19. The summed E-state index contributed by atoms with van der Waals surface area (Å²) in [6.07, 6.45) is 13.3. The minimum absolute atomic E-state index is 0.125. The van der Waals surface area contributed by atoms with E-state index in [2.05, 4.69) is 56.9 Å². The van der Waals surface area contributed by atoms with Crippen molar-refractivity contribution in [3.8, 4) is 0 Å². The van der Waals surface area contributed by atoms with Crippen molar-refractivity contribution in [2.45, 2.75) is 102 Å². The first-order valence-electron chi connectivity index (χ1n) is 14.5. The predicted octanol–water partition coefficient (Wildman–Crippen LogP) is 5.29. The van der Waals surface area contributed by atoms with Gasteiger partial charge in [-0.25, -0.2) is 0 Å². The first-order valence-corrected chi connectivity index (χ1v) is 15.3. The van der Waals surface area contributed by atoms with Crippen LogP contribution in [0.25, 0.3) is 0 Å². The standard InChI is InChI=1S/C30H42BrN3O3/c1-3-4-27-29(37-27)33-16-14-32(15-17-33)25-8-5-22(19-25)11-12-30(13-18-36-30)28-10-6-23-20-24(31)7-9-26(23)34(28)21(2)35/h5,7,9,20,25,27-29H,3-4,6,8,10-19H2,1-2H3. The molecule has 4 heterocycles. The molecule has 5 unspecified atom stereocenters. The Morgan fingerprint density at radius 1 is 1.19 bits per heavy atom. The fourth-order valence-corrected chi connectivity index (χ4v) is 7.80. The number of benzene rings is 1. The molecule has 0 N–H and O–H groups in total. The predicted molar refractivity (Wildman–Crippen MR) is 150 cm³/mol. The molecule has 1 amide bonds. The van der Waals surface area contributed by atoms with E-state index in [-0.39, 0.29) is 17.6 Å². The average molecular weight is 573 g/mol. The summed E-state index contributed by atoms with van der Waals surface area (Å²) in [5.41, 5.74) is 3.70. The molecule has 6 rings (SSSR count). The van der Waals surface area contributed by atoms with Gasteiger partial charge < -0.3 is 14.4 Å². The van der Waals surface area contributed by atoms with Crippen LogP contribution in [0.5, 0.6) is 0 Å². The molecule has 0 radical (unpaired) electrons. The van der Waals surface area contributed by atoms with Crippen molar-refractivity contribution >= 4 is 27.5 Å². The number of amides is 1. The number of fused-ring (bicyclic) bond motifs is 1. The third-order valence-corrected chi connectivity index (χ3v) is 10.1. The first kappa shape index (κ1) is 26.0. The monoisotopic (exact) mass is 571 g/mol. The van der Waals surface area contributed by atoms with Crippen LogP contribution in [-0.2, 0) is 20.7 Å². The molecule has 0 saturated carbocycles. The molecule has 3 saturated heterocycles. The van der Waals surface area contributed by atoms with Gasteiger partial charge in [0, 0.05) is 55.7 Å². The van der Waals surface area contributed by atoms with Gasteiger partial charge in [-0.15, -0.1) is 0 Å². The Hall–Kier alpha value is -1.25. The van der Waals surface area contributed by atoms with Crippen molar-refractivity contribution in [2.75, 3.05) is 37.7 Å². The Bertz CT molecular complexity index is 1030. The molecule has 1 aliphatic carbocycles. The number of aryl methyl sites for hydroxylation is 1. The van der Waals surface area contributed by atoms with E-state index in [1.165, 1.54) is 31.2 Å². The van der Waals surface area contributed by atoms with Gasteiger partial charge in [-0.05, 0) is 68.7 Å². The van der Waals surface area contributed by atoms with Crippen molar-refractivity contribution in [1.29, 1.82) is 0 Å². The van der Waals surface area contributed by atoms with E-state index in [4.69, 9.17) is 9.47 Å². The lowest BCUT2D eigenvalue weighted by molar-refractivity contribution is -0.169. The van der Waals surface area contributed by atoms with Gasteiger partial charge in [0.2, 0.25) is 5.91 Å². The second kappa shape index (κ2) is 10.7. The maximum atomic E-state index is 12.9. The van der Waals surface area contributed by atoms with Gasteiger partial charge in [0.25, 0.3) is 0 Å². The van der Waals surface area contributed by atoms with E-state index in [1.807, 2.05) is 4.90 Å². The van der Waals surface area contributed by atoms with E-state index < -0.39 is 0 Å². The zero-order chi connectivity index (χ0) is 25.6. The SMILES string of the molecule is CCCC1OC1N1CCN(C2CC=C(CCC3(C4CCc5cc(Br)ccc5N4C(C)=O)CCO3)C2)CC1. The summed E-state index contributed by atoms with van der Waals surface area (Å²) < 4.78 is 13.4. The largest absolute Gasteiger partial charge is 0.373 e. The van der Waals surface area contributed by atoms with Gasteiger partial charge >= 0.3 is 0 Å². The van der Waals surface area contributed by atoms with Crippen molar-refractivity contribution in [1.82, 2.24) is 9.80 Å². The van der Waals surface area contributed by atoms with Crippen LogP contribution >= 0.6 is 15.9 Å². The highest BCUT2D eigenvalue weighted by atomic mass is 79.9. The van der Waals surface area contributed by atoms with Gasteiger partial charge in [-0.3, -0.25) is 14.6 Å². The molecular formula is C30H42BrN3O3. The number of anilines is 1. The van der Waals surface area contributed by atoms with Gasteiger partial charge in [0.05, 0.1) is 24.4 Å². The number of ether oxygens (including phenoxy) is 2. The second-order valence-corrected chi connectivity index (χ2v) is 12.7. The molecular weight excluding hydrogens is 530 g/mol. The number of hydrogen-bond donors (Lipinski definition) is 0. The van der Waals surface area contributed by atoms with Crippen LogP contribution in [0.15, 0.2) is 34.3 Å². The quantitative estimate of drug-likeness (QED) is 0.313. The Labute approximate surface area is 230 Å². The molecule has 37 heavy (non-hydrogen) atoms. The minimum Gasteiger partial charge on any atom is -0.373 e. The van der Waals surface area contributed by atoms with Crippen LogP contribution in [0.3, 0.4) is 0 Å². The summed E-state index contributed by atoms with van der Waals surface area (Å²) in [4.78, 5) is 20.2. The summed E-state index contributed by atoms with van der Waals surface area (Å²) in [7, 11) is 0. The maximum Gasteiger partial charge on any atom is 0.224 e. The fourth-order valence-electron chi connectivity index (χ4n) is 7.39. The van der Waals surface area contributed by atoms with E-state index in [0.29, 0.717) is 18.4 Å². The van der Waals surface area contributed by atoms with Crippen molar-refractivity contribution < 1.29 is 14.3 Å². The Morgan fingerprint density at radius 3 is 2.68 bits per heavy atom. The van der Waals surface area contributed by atoms with Crippen molar-refractivity contribution in [2.24, 2.45) is 0 Å². The van der Waals surface area contributed by atoms with E-state index in [0.717, 1.165) is 75.1 Å². The lowest BCUT2D eigenvalue weighted by atomic mass is 9.76. The molecule has 5 aliphatic rings. The molecule has 1 aromatic carbocycles. The highest BCUT2D eigenvalue weighted by Crippen LogP contribution is 2.45. The van der Waals surface area contributed by atoms with Gasteiger partial charge in [-0.2, -0.15) is 0 Å². The number of epoxide rings is 1. The molecule has 0 bridgehead atoms. The highest BCUT2D eigenvalue weighted by molar-refractivity contribution is 9.10. The topological polar surface area (TPSA) is 48.5 Å². The van der Waals surface area contributed by atoms with Crippen LogP contribution in [0.2, 0.25) is 0 Å². The number of hydrogen-bond acceptors (Lipinski definition) is 5. The first-order chi connectivity index (χ1) is 18.0. The lowest BCUT2D eigenvalue weighted by Gasteiger charge is -2.53. The Kier molecular flexibility index (Phi) is 7.54. The van der Waals surface area contributed by atoms with Crippen LogP contribution in [0.1, 0.15) is 70.8 Å². The zero-order valence-electron chi connectivity index (χ0n) is 22.5. The Balaban J connectivity index is 1.03. The lowest BCUT2D eigenvalue weighted by Crippen LogP contribution is -2.62. The smallest absolute Gasteiger partial charge is 0.224 e. The molecule has 202 valence electrons. The third-order valence-electron chi connectivity index (χ3n) is 9.56. The van der Waals surface area contributed by atoms with Crippen molar-refractivity contribution in [3.05, 3.63) is 39.9 Å². The zero-order valence-corrected chi connectivity index (χ0v) is 24.0. The number of carbonyl (C=O) groups is 1. The number of piperazine rings is 1.